The van der Waals surface area contributed by atoms with Crippen molar-refractivity contribution in [2.24, 2.45) is 0 Å². The fourth-order valence-electron chi connectivity index (χ4n) is 10.5. The first-order valence-electron chi connectivity index (χ1n) is 35.3. The maximum Gasteiger partial charge on any atom is 0.306 e. The number of esters is 3. The first kappa shape index (κ1) is 77.1. The Morgan fingerprint density at radius 2 is 0.487 bits per heavy atom. The molecular weight excluding hydrogens is 985 g/mol. The highest BCUT2D eigenvalue weighted by Crippen LogP contribution is 2.18. The van der Waals surface area contributed by atoms with Crippen LogP contribution in [0, 0.1) is 0 Å². The van der Waals surface area contributed by atoms with E-state index in [9.17, 15) is 14.4 Å². The summed E-state index contributed by atoms with van der Waals surface area (Å²) >= 11 is 0. The molecule has 0 aromatic carbocycles. The van der Waals surface area contributed by atoms with Gasteiger partial charge in [-0.1, -0.05) is 332 Å². The van der Waals surface area contributed by atoms with Gasteiger partial charge in [-0.05, 0) is 83.5 Å². The summed E-state index contributed by atoms with van der Waals surface area (Å²) < 4.78 is 17.0. The molecule has 466 valence electrons. The Hall–Kier alpha value is -2.89. The van der Waals surface area contributed by atoms with E-state index in [0.29, 0.717) is 19.3 Å². The zero-order chi connectivity index (χ0) is 57.8. The van der Waals surface area contributed by atoms with Crippen molar-refractivity contribution in [2.75, 3.05) is 13.2 Å². The van der Waals surface area contributed by atoms with Gasteiger partial charge in [0.1, 0.15) is 13.2 Å². The van der Waals surface area contributed by atoms with E-state index in [4.69, 9.17) is 14.2 Å². The predicted molar refractivity (Wildman–Crippen MR) is 348 cm³/mol. The number of carbonyl (C=O) groups is 3. The summed E-state index contributed by atoms with van der Waals surface area (Å²) in [5, 5.41) is 0. The van der Waals surface area contributed by atoms with Gasteiger partial charge in [0.15, 0.2) is 6.10 Å². The molecule has 0 aromatic heterocycles. The van der Waals surface area contributed by atoms with Gasteiger partial charge in [0, 0.05) is 19.3 Å². The minimum absolute atomic E-state index is 0.0846. The Kier molecular flexibility index (Phi) is 66.1. The molecule has 1 unspecified atom stereocenters. The molecule has 0 heterocycles. The molecule has 0 aliphatic rings. The molecule has 0 saturated carbocycles. The average Bonchev–Trinajstić information content (AvgIpc) is 3.46. The number of rotatable bonds is 65. The van der Waals surface area contributed by atoms with Gasteiger partial charge < -0.3 is 14.2 Å². The molecule has 0 N–H and O–H groups in total. The summed E-state index contributed by atoms with van der Waals surface area (Å²) in [5.41, 5.74) is 0. The van der Waals surface area contributed by atoms with Crippen LogP contribution in [0.4, 0.5) is 0 Å². The highest BCUT2D eigenvalue weighted by atomic mass is 16.6. The first-order valence-corrected chi connectivity index (χ1v) is 35.3. The maximum absolute atomic E-state index is 12.9. The van der Waals surface area contributed by atoms with E-state index in [2.05, 4.69) is 81.5 Å². The van der Waals surface area contributed by atoms with Crippen LogP contribution < -0.4 is 0 Å². The molecular formula is C74H134O6. The van der Waals surface area contributed by atoms with Crippen LogP contribution >= 0.6 is 0 Å². The van der Waals surface area contributed by atoms with E-state index in [-0.39, 0.29) is 31.1 Å². The first-order chi connectivity index (χ1) is 39.5. The third-order valence-electron chi connectivity index (χ3n) is 15.8. The van der Waals surface area contributed by atoms with Crippen LogP contribution in [-0.2, 0) is 28.6 Å². The van der Waals surface area contributed by atoms with Gasteiger partial charge in [-0.3, -0.25) is 14.4 Å². The molecule has 0 radical (unpaired) electrons. The van der Waals surface area contributed by atoms with Crippen LogP contribution in [0.5, 0.6) is 0 Å². The van der Waals surface area contributed by atoms with Crippen molar-refractivity contribution in [3.8, 4) is 0 Å². The predicted octanol–water partition coefficient (Wildman–Crippen LogP) is 24.3. The fourth-order valence-corrected chi connectivity index (χ4v) is 10.5. The topological polar surface area (TPSA) is 78.9 Å². The third kappa shape index (κ3) is 65.9. The van der Waals surface area contributed by atoms with E-state index in [1.807, 2.05) is 0 Å². The summed E-state index contributed by atoms with van der Waals surface area (Å²) in [5.74, 6) is -0.907. The number of hydrogen-bond donors (Lipinski definition) is 0. The van der Waals surface area contributed by atoms with Gasteiger partial charge >= 0.3 is 17.9 Å². The Morgan fingerprint density at radius 1 is 0.263 bits per heavy atom. The van der Waals surface area contributed by atoms with Crippen LogP contribution in [0.2, 0.25) is 0 Å². The van der Waals surface area contributed by atoms with Crippen LogP contribution in [0.1, 0.15) is 374 Å². The van der Waals surface area contributed by atoms with Gasteiger partial charge in [-0.15, -0.1) is 0 Å². The Morgan fingerprint density at radius 3 is 0.800 bits per heavy atom. The molecule has 0 aliphatic carbocycles. The second-order valence-corrected chi connectivity index (χ2v) is 23.8. The van der Waals surface area contributed by atoms with E-state index >= 15 is 0 Å². The lowest BCUT2D eigenvalue weighted by molar-refractivity contribution is -0.167. The zero-order valence-corrected chi connectivity index (χ0v) is 53.6. The SMILES string of the molecule is CC/C=C\C/C=C\C/C=C\C/C=C\CCCCC(=O)OCC(COC(=O)CCCCCCCCCCCCCCCCCCCCCCCCCCCC)OC(=O)CCCCCCCCCCC/C=C\CCCCCCCCCC. The minimum Gasteiger partial charge on any atom is -0.462 e. The van der Waals surface area contributed by atoms with Gasteiger partial charge in [0.25, 0.3) is 0 Å². The zero-order valence-electron chi connectivity index (χ0n) is 53.6. The van der Waals surface area contributed by atoms with Crippen molar-refractivity contribution in [1.82, 2.24) is 0 Å². The highest BCUT2D eigenvalue weighted by molar-refractivity contribution is 5.71. The molecule has 6 nitrogen and oxygen atoms in total. The number of hydrogen-bond acceptors (Lipinski definition) is 6. The number of ether oxygens (including phenoxy) is 3. The molecule has 0 fully saturated rings. The molecule has 0 aliphatic heterocycles. The van der Waals surface area contributed by atoms with Crippen molar-refractivity contribution in [2.45, 2.75) is 380 Å². The Balaban J connectivity index is 4.29. The standard InChI is InChI=1S/C74H134O6/c1-4-7-10-13-16-19-22-25-28-30-32-34-35-36-37-38-40-41-43-46-49-52-55-58-61-64-67-73(76)79-70-71(69-78-72(75)66-63-60-57-54-51-48-45-27-24-21-18-15-12-9-6-3)80-74(77)68-65-62-59-56-53-50-47-44-42-39-33-31-29-26-23-20-17-14-11-8-5-2/h9,12,18,21,27,31,33,45,51,54,71H,4-8,10-11,13-17,19-20,22-26,28-30,32,34-44,46-50,52-53,55-70H2,1-3H3/b12-9-,21-18-,33-31-,45-27-,54-51-. The molecule has 0 saturated heterocycles. The molecule has 0 rings (SSSR count). The molecule has 1 atom stereocenters. The van der Waals surface area contributed by atoms with E-state index < -0.39 is 6.10 Å². The molecule has 0 aromatic rings. The molecule has 80 heavy (non-hydrogen) atoms. The summed E-state index contributed by atoms with van der Waals surface area (Å²) in [7, 11) is 0. The fraction of sp³-hybridized carbons (Fsp3) is 0.824. The normalized spacial score (nSPS) is 12.4. The van der Waals surface area contributed by atoms with Crippen LogP contribution in [0.3, 0.4) is 0 Å². The lowest BCUT2D eigenvalue weighted by Gasteiger charge is -2.18. The smallest absolute Gasteiger partial charge is 0.306 e. The monoisotopic (exact) mass is 1120 g/mol. The summed E-state index contributed by atoms with van der Waals surface area (Å²) in [6.45, 7) is 6.55. The second kappa shape index (κ2) is 68.6. The van der Waals surface area contributed by atoms with E-state index in [0.717, 1.165) is 83.5 Å². The Bertz CT molecular complexity index is 1430. The van der Waals surface area contributed by atoms with Crippen molar-refractivity contribution in [3.05, 3.63) is 60.8 Å². The summed E-state index contributed by atoms with van der Waals surface area (Å²) in [4.78, 5) is 38.4. The lowest BCUT2D eigenvalue weighted by atomic mass is 10.0. The second-order valence-electron chi connectivity index (χ2n) is 23.8. The van der Waals surface area contributed by atoms with Crippen molar-refractivity contribution >= 4 is 17.9 Å². The lowest BCUT2D eigenvalue weighted by Crippen LogP contribution is -2.30. The molecule has 0 amide bonds. The van der Waals surface area contributed by atoms with Gasteiger partial charge in [-0.25, -0.2) is 0 Å². The summed E-state index contributed by atoms with van der Waals surface area (Å²) in [6, 6.07) is 0. The van der Waals surface area contributed by atoms with Crippen LogP contribution in [0.25, 0.3) is 0 Å². The van der Waals surface area contributed by atoms with E-state index in [1.165, 1.54) is 250 Å². The van der Waals surface area contributed by atoms with Crippen LogP contribution in [0.15, 0.2) is 60.8 Å². The Labute approximate surface area is 498 Å². The van der Waals surface area contributed by atoms with E-state index in [1.54, 1.807) is 0 Å². The van der Waals surface area contributed by atoms with Crippen LogP contribution in [-0.4, -0.2) is 37.2 Å². The number of unbranched alkanes of at least 4 members (excludes halogenated alkanes) is 44. The number of allylic oxidation sites excluding steroid dienone is 10. The van der Waals surface area contributed by atoms with Gasteiger partial charge in [-0.2, -0.15) is 0 Å². The average molecular weight is 1120 g/mol. The van der Waals surface area contributed by atoms with Gasteiger partial charge in [0.2, 0.25) is 0 Å². The number of carbonyl (C=O) groups excluding carboxylic acids is 3. The third-order valence-corrected chi connectivity index (χ3v) is 15.8. The molecule has 0 bridgehead atoms. The van der Waals surface area contributed by atoms with Crippen molar-refractivity contribution in [1.29, 1.82) is 0 Å². The molecule has 0 spiro atoms. The highest BCUT2D eigenvalue weighted by Gasteiger charge is 2.19. The summed E-state index contributed by atoms with van der Waals surface area (Å²) in [6.07, 6.45) is 88.3. The van der Waals surface area contributed by atoms with Crippen molar-refractivity contribution in [3.63, 3.8) is 0 Å². The molecule has 6 heteroatoms. The maximum atomic E-state index is 12.9. The minimum atomic E-state index is -0.793. The largest absolute Gasteiger partial charge is 0.462 e. The van der Waals surface area contributed by atoms with Gasteiger partial charge in [0.05, 0.1) is 0 Å². The quantitative estimate of drug-likeness (QED) is 0.0261. The van der Waals surface area contributed by atoms with Crippen molar-refractivity contribution < 1.29 is 28.6 Å².